The maximum Gasteiger partial charge on any atom is 0.341 e. The standard InChI is InChI=1S/C22H25ClFN3O5S/c1-14(21(28)25-19-8-6-15(24)12-18(19)23)32-22(29)17-13-16(33(30,31)26(2)3)7-9-20(17)27-10-4-5-11-27/h6-9,12-14H,4-5,10-11H2,1-3H3,(H,25,28). The lowest BCUT2D eigenvalue weighted by atomic mass is 10.1. The normalized spacial score (nSPS) is 14.9. The Labute approximate surface area is 197 Å². The number of hydrogen-bond acceptors (Lipinski definition) is 6. The first kappa shape index (κ1) is 24.9. The molecule has 1 fully saturated rings. The number of carbonyl (C=O) groups excluding carboxylic acids is 2. The Bertz CT molecular complexity index is 1170. The first-order chi connectivity index (χ1) is 15.5. The van der Waals surface area contributed by atoms with Gasteiger partial charge >= 0.3 is 5.97 Å². The zero-order valence-corrected chi connectivity index (χ0v) is 20.0. The summed E-state index contributed by atoms with van der Waals surface area (Å²) in [5, 5.41) is 2.49. The number of nitrogens with zero attached hydrogens (tertiary/aromatic N) is 2. The van der Waals surface area contributed by atoms with Gasteiger partial charge in [0.05, 0.1) is 26.9 Å². The van der Waals surface area contributed by atoms with Gasteiger partial charge in [0.1, 0.15) is 5.82 Å². The molecule has 11 heteroatoms. The SMILES string of the molecule is CC(OC(=O)c1cc(S(=O)(=O)N(C)C)ccc1N1CCCC1)C(=O)Nc1ccc(F)cc1Cl. The maximum atomic E-state index is 13.2. The second kappa shape index (κ2) is 10.1. The fraction of sp³-hybridized carbons (Fsp3) is 0.364. The molecule has 2 aromatic rings. The smallest absolute Gasteiger partial charge is 0.341 e. The lowest BCUT2D eigenvalue weighted by molar-refractivity contribution is -0.123. The molecule has 0 aromatic heterocycles. The Morgan fingerprint density at radius 3 is 2.42 bits per heavy atom. The Kier molecular flexibility index (Phi) is 7.61. The molecule has 33 heavy (non-hydrogen) atoms. The van der Waals surface area contributed by atoms with E-state index >= 15 is 0 Å². The van der Waals surface area contributed by atoms with E-state index in [1.165, 1.54) is 39.2 Å². The van der Waals surface area contributed by atoms with Crippen LogP contribution >= 0.6 is 11.6 Å². The molecular weight excluding hydrogens is 473 g/mol. The molecule has 1 aliphatic heterocycles. The molecule has 0 aliphatic carbocycles. The zero-order valence-electron chi connectivity index (χ0n) is 18.5. The summed E-state index contributed by atoms with van der Waals surface area (Å²) in [4.78, 5) is 27.5. The molecule has 0 radical (unpaired) electrons. The highest BCUT2D eigenvalue weighted by Gasteiger charge is 2.27. The average Bonchev–Trinajstić information content (AvgIpc) is 3.29. The molecule has 0 bridgehead atoms. The van der Waals surface area contributed by atoms with Crippen molar-refractivity contribution in [2.24, 2.45) is 0 Å². The van der Waals surface area contributed by atoms with E-state index in [2.05, 4.69) is 5.32 Å². The number of nitrogens with one attached hydrogen (secondary N) is 1. The van der Waals surface area contributed by atoms with Crippen LogP contribution < -0.4 is 10.2 Å². The Balaban J connectivity index is 1.85. The van der Waals surface area contributed by atoms with E-state index < -0.39 is 33.8 Å². The number of halogens is 2. The monoisotopic (exact) mass is 497 g/mol. The van der Waals surface area contributed by atoms with Crippen LogP contribution in [0.25, 0.3) is 0 Å². The van der Waals surface area contributed by atoms with Crippen LogP contribution in [0.5, 0.6) is 0 Å². The highest BCUT2D eigenvalue weighted by Crippen LogP contribution is 2.29. The summed E-state index contributed by atoms with van der Waals surface area (Å²) < 4.78 is 44.8. The zero-order chi connectivity index (χ0) is 24.3. The minimum absolute atomic E-state index is 0.000195. The molecular formula is C22H25ClFN3O5S. The van der Waals surface area contributed by atoms with Crippen molar-refractivity contribution in [3.63, 3.8) is 0 Å². The third-order valence-electron chi connectivity index (χ3n) is 5.26. The molecule has 0 saturated carbocycles. The predicted molar refractivity (Wildman–Crippen MR) is 124 cm³/mol. The summed E-state index contributed by atoms with van der Waals surface area (Å²) in [7, 11) is -0.989. The van der Waals surface area contributed by atoms with Gasteiger partial charge in [-0.25, -0.2) is 21.9 Å². The Morgan fingerprint density at radius 2 is 1.82 bits per heavy atom. The summed E-state index contributed by atoms with van der Waals surface area (Å²) >= 11 is 5.93. The second-order valence-corrected chi connectivity index (χ2v) is 10.4. The topological polar surface area (TPSA) is 96.0 Å². The Morgan fingerprint density at radius 1 is 1.15 bits per heavy atom. The van der Waals surface area contributed by atoms with Crippen LogP contribution in [0.4, 0.5) is 15.8 Å². The first-order valence-electron chi connectivity index (χ1n) is 10.3. The van der Waals surface area contributed by atoms with Crippen LogP contribution in [0, 0.1) is 5.82 Å². The quantitative estimate of drug-likeness (QED) is 0.588. The van der Waals surface area contributed by atoms with E-state index in [1.807, 2.05) is 4.90 Å². The van der Waals surface area contributed by atoms with Crippen LogP contribution in [-0.4, -0.2) is 57.9 Å². The highest BCUT2D eigenvalue weighted by atomic mass is 35.5. The van der Waals surface area contributed by atoms with Crippen LogP contribution in [0.2, 0.25) is 5.02 Å². The summed E-state index contributed by atoms with van der Waals surface area (Å²) in [6.45, 7) is 2.82. The summed E-state index contributed by atoms with van der Waals surface area (Å²) in [6.07, 6.45) is 0.673. The summed E-state index contributed by atoms with van der Waals surface area (Å²) in [6, 6.07) is 7.79. The molecule has 8 nitrogen and oxygen atoms in total. The van der Waals surface area contributed by atoms with Gasteiger partial charge in [-0.15, -0.1) is 0 Å². The van der Waals surface area contributed by atoms with Crippen molar-refractivity contribution in [3.05, 3.63) is 52.8 Å². The molecule has 0 spiro atoms. The highest BCUT2D eigenvalue weighted by molar-refractivity contribution is 7.89. The van der Waals surface area contributed by atoms with Gasteiger partial charge in [-0.1, -0.05) is 11.6 Å². The van der Waals surface area contributed by atoms with E-state index in [4.69, 9.17) is 16.3 Å². The van der Waals surface area contributed by atoms with Crippen molar-refractivity contribution in [2.45, 2.75) is 30.8 Å². The Hall–Kier alpha value is -2.69. The molecule has 1 N–H and O–H groups in total. The van der Waals surface area contributed by atoms with Gasteiger partial charge in [0, 0.05) is 27.2 Å². The van der Waals surface area contributed by atoms with Crippen molar-refractivity contribution in [2.75, 3.05) is 37.4 Å². The number of sulfonamides is 1. The van der Waals surface area contributed by atoms with Gasteiger partial charge in [0.2, 0.25) is 10.0 Å². The van der Waals surface area contributed by atoms with Crippen molar-refractivity contribution >= 4 is 44.9 Å². The largest absolute Gasteiger partial charge is 0.449 e. The number of rotatable bonds is 7. The number of anilines is 2. The van der Waals surface area contributed by atoms with Gasteiger partial charge in [0.15, 0.2) is 6.10 Å². The van der Waals surface area contributed by atoms with Gasteiger partial charge in [-0.3, -0.25) is 4.79 Å². The molecule has 1 atom stereocenters. The van der Waals surface area contributed by atoms with Crippen LogP contribution in [0.3, 0.4) is 0 Å². The van der Waals surface area contributed by atoms with Crippen LogP contribution in [0.15, 0.2) is 41.3 Å². The fourth-order valence-corrected chi connectivity index (χ4v) is 4.53. The number of ether oxygens (including phenoxy) is 1. The van der Waals surface area contributed by atoms with Crippen LogP contribution in [0.1, 0.15) is 30.1 Å². The predicted octanol–water partition coefficient (Wildman–Crippen LogP) is 3.51. The average molecular weight is 498 g/mol. The molecule has 1 unspecified atom stereocenters. The minimum atomic E-state index is -3.78. The van der Waals surface area contributed by atoms with Gasteiger partial charge in [-0.2, -0.15) is 0 Å². The van der Waals surface area contributed by atoms with E-state index in [0.717, 1.165) is 42.4 Å². The molecule has 1 amide bonds. The lowest BCUT2D eigenvalue weighted by Gasteiger charge is -2.23. The summed E-state index contributed by atoms with van der Waals surface area (Å²) in [5.41, 5.74) is 0.770. The summed E-state index contributed by atoms with van der Waals surface area (Å²) in [5.74, 6) is -2.06. The van der Waals surface area contributed by atoms with E-state index in [9.17, 15) is 22.4 Å². The molecule has 3 rings (SSSR count). The molecule has 2 aromatic carbocycles. The van der Waals surface area contributed by atoms with Gasteiger partial charge in [-0.05, 0) is 56.2 Å². The second-order valence-electron chi connectivity index (χ2n) is 7.82. The van der Waals surface area contributed by atoms with Crippen LogP contribution in [-0.2, 0) is 19.6 Å². The van der Waals surface area contributed by atoms with Gasteiger partial charge in [0.25, 0.3) is 5.91 Å². The van der Waals surface area contributed by atoms with E-state index in [0.29, 0.717) is 5.69 Å². The fourth-order valence-electron chi connectivity index (χ4n) is 3.39. The number of carbonyl (C=O) groups is 2. The van der Waals surface area contributed by atoms with Crippen molar-refractivity contribution < 1.29 is 27.1 Å². The van der Waals surface area contributed by atoms with Crippen molar-refractivity contribution in [1.82, 2.24) is 4.31 Å². The van der Waals surface area contributed by atoms with Crippen molar-refractivity contribution in [3.8, 4) is 0 Å². The molecule has 1 heterocycles. The third-order valence-corrected chi connectivity index (χ3v) is 7.38. The van der Waals surface area contributed by atoms with E-state index in [-0.39, 0.29) is 21.2 Å². The van der Waals surface area contributed by atoms with Gasteiger partial charge < -0.3 is 15.0 Å². The number of benzene rings is 2. The number of amides is 1. The van der Waals surface area contributed by atoms with Crippen molar-refractivity contribution in [1.29, 1.82) is 0 Å². The molecule has 178 valence electrons. The third kappa shape index (κ3) is 5.63. The van der Waals surface area contributed by atoms with E-state index in [1.54, 1.807) is 6.07 Å². The molecule has 1 saturated heterocycles. The number of esters is 1. The first-order valence-corrected chi connectivity index (χ1v) is 12.1. The maximum absolute atomic E-state index is 13.2. The minimum Gasteiger partial charge on any atom is -0.449 e. The number of hydrogen-bond donors (Lipinski definition) is 1. The molecule has 1 aliphatic rings. The lowest BCUT2D eigenvalue weighted by Crippen LogP contribution is -2.31.